The highest BCUT2D eigenvalue weighted by Gasteiger charge is 2.15. The van der Waals surface area contributed by atoms with Gasteiger partial charge in [0.05, 0.1) is 11.3 Å². The van der Waals surface area contributed by atoms with Crippen LogP contribution in [0.15, 0.2) is 70.1 Å². The van der Waals surface area contributed by atoms with Crippen LogP contribution in [0.25, 0.3) is 11.3 Å². The molecule has 3 aromatic rings. The van der Waals surface area contributed by atoms with Gasteiger partial charge in [0, 0.05) is 30.8 Å². The minimum atomic E-state index is -3.79. The molecule has 162 valence electrons. The zero-order valence-corrected chi connectivity index (χ0v) is 17.5. The van der Waals surface area contributed by atoms with Crippen molar-refractivity contribution in [1.82, 2.24) is 9.88 Å². The Morgan fingerprint density at radius 3 is 2.45 bits per heavy atom. The normalized spacial score (nSPS) is 11.1. The Morgan fingerprint density at radius 1 is 1.06 bits per heavy atom. The zero-order valence-electron chi connectivity index (χ0n) is 16.7. The van der Waals surface area contributed by atoms with E-state index in [1.807, 2.05) is 30.3 Å². The molecule has 0 radical (unpaired) electrons. The number of sulfonamides is 1. The van der Waals surface area contributed by atoms with Crippen molar-refractivity contribution < 1.29 is 27.3 Å². The lowest BCUT2D eigenvalue weighted by Crippen LogP contribution is -2.26. The lowest BCUT2D eigenvalue weighted by atomic mass is 10.1. The first-order chi connectivity index (χ1) is 14.8. The Hall–Kier alpha value is -3.50. The number of esters is 1. The van der Waals surface area contributed by atoms with Crippen LogP contribution >= 0.6 is 0 Å². The molecule has 0 aliphatic carbocycles. The summed E-state index contributed by atoms with van der Waals surface area (Å²) >= 11 is 0. The van der Waals surface area contributed by atoms with Crippen molar-refractivity contribution in [2.24, 2.45) is 0 Å². The van der Waals surface area contributed by atoms with Crippen molar-refractivity contribution in [3.63, 3.8) is 0 Å². The third-order valence-corrected chi connectivity index (χ3v) is 5.59. The number of carbonyl (C=O) groups excluding carboxylic acids is 2. The first-order valence-electron chi connectivity index (χ1n) is 9.37. The zero-order chi connectivity index (χ0) is 22.3. The van der Waals surface area contributed by atoms with E-state index >= 15 is 0 Å². The molecule has 2 aromatic carbocycles. The summed E-state index contributed by atoms with van der Waals surface area (Å²) in [6.45, 7) is 1.13. The minimum Gasteiger partial charge on any atom is -0.457 e. The molecule has 0 aliphatic heterocycles. The molecule has 0 atom stereocenters. The number of aromatic nitrogens is 1. The van der Waals surface area contributed by atoms with Gasteiger partial charge in [-0.1, -0.05) is 35.5 Å². The smallest absolute Gasteiger partial charge is 0.307 e. The molecule has 1 heterocycles. The molecule has 0 aliphatic rings. The van der Waals surface area contributed by atoms with Crippen molar-refractivity contribution in [2.45, 2.75) is 24.8 Å². The fourth-order valence-electron chi connectivity index (χ4n) is 2.64. The van der Waals surface area contributed by atoms with Crippen molar-refractivity contribution in [3.05, 3.63) is 66.4 Å². The maximum absolute atomic E-state index is 12.3. The second-order valence-corrected chi connectivity index (χ2v) is 8.33. The minimum absolute atomic E-state index is 0.0186. The summed E-state index contributed by atoms with van der Waals surface area (Å²) < 4.78 is 37.2. The van der Waals surface area contributed by atoms with Gasteiger partial charge < -0.3 is 14.6 Å². The number of benzene rings is 2. The van der Waals surface area contributed by atoms with Gasteiger partial charge in [0.2, 0.25) is 15.9 Å². The number of anilines is 1. The highest BCUT2D eigenvalue weighted by atomic mass is 32.2. The molecule has 0 spiro atoms. The Labute approximate surface area is 179 Å². The number of rotatable bonds is 9. The molecule has 0 saturated heterocycles. The molecule has 0 unspecified atom stereocenters. The van der Waals surface area contributed by atoms with Crippen LogP contribution < -0.4 is 10.0 Å². The summed E-state index contributed by atoms with van der Waals surface area (Å²) in [6.07, 6.45) is -0.150. The number of ether oxygens (including phenoxy) is 1. The van der Waals surface area contributed by atoms with E-state index in [1.165, 1.54) is 31.2 Å². The predicted octanol–water partition coefficient (Wildman–Crippen LogP) is 2.71. The van der Waals surface area contributed by atoms with E-state index in [2.05, 4.69) is 15.2 Å². The Morgan fingerprint density at radius 2 is 1.77 bits per heavy atom. The topological polar surface area (TPSA) is 128 Å². The van der Waals surface area contributed by atoms with Gasteiger partial charge in [-0.05, 0) is 24.3 Å². The molecule has 10 heteroatoms. The van der Waals surface area contributed by atoms with Crippen molar-refractivity contribution >= 4 is 27.6 Å². The average molecular weight is 443 g/mol. The Kier molecular flexibility index (Phi) is 7.16. The first kappa shape index (κ1) is 22.2. The molecule has 9 nitrogen and oxygen atoms in total. The summed E-state index contributed by atoms with van der Waals surface area (Å²) in [5.41, 5.74) is 1.99. The van der Waals surface area contributed by atoms with Crippen molar-refractivity contribution in [2.75, 3.05) is 11.9 Å². The largest absolute Gasteiger partial charge is 0.457 e. The fraction of sp³-hybridized carbons (Fsp3) is 0.190. The molecule has 3 rings (SSSR count). The second kappa shape index (κ2) is 10.0. The first-order valence-corrected chi connectivity index (χ1v) is 10.9. The monoisotopic (exact) mass is 443 g/mol. The van der Waals surface area contributed by atoms with E-state index in [9.17, 15) is 18.0 Å². The third-order valence-electron chi connectivity index (χ3n) is 4.11. The molecule has 0 bridgehead atoms. The summed E-state index contributed by atoms with van der Waals surface area (Å²) in [7, 11) is -3.79. The highest BCUT2D eigenvalue weighted by molar-refractivity contribution is 7.89. The van der Waals surface area contributed by atoms with E-state index in [-0.39, 0.29) is 30.4 Å². The van der Waals surface area contributed by atoms with Gasteiger partial charge in [0.1, 0.15) is 5.69 Å². The molecular weight excluding hydrogens is 422 g/mol. The van der Waals surface area contributed by atoms with Gasteiger partial charge >= 0.3 is 5.97 Å². The van der Waals surface area contributed by atoms with Gasteiger partial charge in [-0.15, -0.1) is 0 Å². The van der Waals surface area contributed by atoms with Crippen LogP contribution in [0.1, 0.15) is 19.1 Å². The SMILES string of the molecule is CC(=O)Nc1ccc(S(=O)(=O)NCCC(=O)OCc2cc(-c3ccccc3)no2)cc1. The van der Waals surface area contributed by atoms with Crippen LogP contribution in [0.4, 0.5) is 5.69 Å². The predicted molar refractivity (Wildman–Crippen MR) is 112 cm³/mol. The molecule has 0 fully saturated rings. The van der Waals surface area contributed by atoms with Crippen LogP contribution in [0.3, 0.4) is 0 Å². The Bertz CT molecular complexity index is 1140. The van der Waals surface area contributed by atoms with E-state index < -0.39 is 16.0 Å². The number of carbonyl (C=O) groups is 2. The Balaban J connectivity index is 1.44. The molecular formula is C21H21N3O6S. The maximum Gasteiger partial charge on any atom is 0.307 e. The molecule has 1 aromatic heterocycles. The highest BCUT2D eigenvalue weighted by Crippen LogP contribution is 2.19. The van der Waals surface area contributed by atoms with E-state index in [0.29, 0.717) is 17.1 Å². The number of nitrogens with one attached hydrogen (secondary N) is 2. The number of hydrogen-bond donors (Lipinski definition) is 2. The van der Waals surface area contributed by atoms with Gasteiger partial charge in [-0.25, -0.2) is 13.1 Å². The van der Waals surface area contributed by atoms with Gasteiger partial charge in [-0.3, -0.25) is 9.59 Å². The van der Waals surface area contributed by atoms with Crippen molar-refractivity contribution in [1.29, 1.82) is 0 Å². The van der Waals surface area contributed by atoms with E-state index in [0.717, 1.165) is 5.56 Å². The molecule has 2 N–H and O–H groups in total. The van der Waals surface area contributed by atoms with Crippen LogP contribution in [0.5, 0.6) is 0 Å². The lowest BCUT2D eigenvalue weighted by molar-refractivity contribution is -0.145. The summed E-state index contributed by atoms with van der Waals surface area (Å²) in [5, 5.41) is 6.49. The second-order valence-electron chi connectivity index (χ2n) is 6.56. The van der Waals surface area contributed by atoms with Gasteiger partial charge in [0.25, 0.3) is 0 Å². The molecule has 31 heavy (non-hydrogen) atoms. The molecule has 1 amide bonds. The van der Waals surface area contributed by atoms with Crippen LogP contribution in [0, 0.1) is 0 Å². The van der Waals surface area contributed by atoms with Gasteiger partial charge in [-0.2, -0.15) is 0 Å². The van der Waals surface area contributed by atoms with E-state index in [1.54, 1.807) is 6.07 Å². The van der Waals surface area contributed by atoms with Crippen molar-refractivity contribution in [3.8, 4) is 11.3 Å². The lowest BCUT2D eigenvalue weighted by Gasteiger charge is -2.08. The third kappa shape index (κ3) is 6.49. The summed E-state index contributed by atoms with van der Waals surface area (Å²) in [6, 6.07) is 16.8. The molecule has 0 saturated carbocycles. The van der Waals surface area contributed by atoms with Crippen LogP contribution in [-0.4, -0.2) is 32.0 Å². The fourth-order valence-corrected chi connectivity index (χ4v) is 3.67. The average Bonchev–Trinajstić information content (AvgIpc) is 3.22. The number of amides is 1. The summed E-state index contributed by atoms with van der Waals surface area (Å²) in [5.74, 6) is -0.456. The number of nitrogens with zero attached hydrogens (tertiary/aromatic N) is 1. The van der Waals surface area contributed by atoms with Crippen LogP contribution in [0.2, 0.25) is 0 Å². The quantitative estimate of drug-likeness (QED) is 0.487. The standard InChI is InChI=1S/C21H21N3O6S/c1-15(25)23-17-7-9-19(10-8-17)31(27,28)22-12-11-21(26)29-14-18-13-20(24-30-18)16-5-3-2-4-6-16/h2-10,13,22H,11-12,14H2,1H3,(H,23,25). The van der Waals surface area contributed by atoms with E-state index in [4.69, 9.17) is 9.26 Å². The van der Waals surface area contributed by atoms with Crippen LogP contribution in [-0.2, 0) is 31.0 Å². The van der Waals surface area contributed by atoms with Gasteiger partial charge in [0.15, 0.2) is 12.4 Å². The summed E-state index contributed by atoms with van der Waals surface area (Å²) in [4.78, 5) is 22.9. The maximum atomic E-state index is 12.3. The number of hydrogen-bond acceptors (Lipinski definition) is 7.